The Labute approximate surface area is 68.8 Å². The van der Waals surface area contributed by atoms with E-state index >= 15 is 0 Å². The standard InChI is InChI=1S/C9H5NO2/c11-7-4-5-10-9-6(7)2-1-3-8(9)12/h1-5H. The van der Waals surface area contributed by atoms with Crippen LogP contribution in [0.3, 0.4) is 0 Å². The van der Waals surface area contributed by atoms with Crippen LogP contribution in [-0.2, 0) is 9.59 Å². The van der Waals surface area contributed by atoms with Crippen molar-refractivity contribution >= 4 is 17.3 Å². The van der Waals surface area contributed by atoms with Crippen molar-refractivity contribution in [2.75, 3.05) is 0 Å². The topological polar surface area (TPSA) is 46.5 Å². The second kappa shape index (κ2) is 2.37. The number of allylic oxidation sites excluding steroid dienone is 5. The van der Waals surface area contributed by atoms with Gasteiger partial charge in [0.05, 0.1) is 5.57 Å². The van der Waals surface area contributed by atoms with Crippen LogP contribution in [0.15, 0.2) is 41.1 Å². The van der Waals surface area contributed by atoms with E-state index in [-0.39, 0.29) is 17.3 Å². The van der Waals surface area contributed by atoms with Crippen molar-refractivity contribution in [2.24, 2.45) is 4.99 Å². The molecule has 0 radical (unpaired) electrons. The number of carbonyl (C=O) groups is 2. The van der Waals surface area contributed by atoms with Gasteiger partial charge in [0, 0.05) is 12.3 Å². The molecule has 0 bridgehead atoms. The van der Waals surface area contributed by atoms with E-state index in [0.717, 1.165) is 0 Å². The van der Waals surface area contributed by atoms with Gasteiger partial charge in [-0.1, -0.05) is 6.08 Å². The van der Waals surface area contributed by atoms with E-state index in [9.17, 15) is 9.59 Å². The molecule has 0 saturated carbocycles. The average molecular weight is 159 g/mol. The first-order chi connectivity index (χ1) is 5.79. The monoisotopic (exact) mass is 159 g/mol. The minimum atomic E-state index is -0.204. The number of hydrogen-bond donors (Lipinski definition) is 0. The van der Waals surface area contributed by atoms with Crippen LogP contribution in [0.5, 0.6) is 0 Å². The van der Waals surface area contributed by atoms with Crippen molar-refractivity contribution in [3.63, 3.8) is 0 Å². The van der Waals surface area contributed by atoms with Crippen LogP contribution in [0.2, 0.25) is 0 Å². The van der Waals surface area contributed by atoms with E-state index in [1.807, 2.05) is 0 Å². The fourth-order valence-electron chi connectivity index (χ4n) is 1.12. The van der Waals surface area contributed by atoms with Crippen LogP contribution < -0.4 is 0 Å². The van der Waals surface area contributed by atoms with Gasteiger partial charge in [0.1, 0.15) is 5.71 Å². The Hall–Kier alpha value is -1.77. The maximum Gasteiger partial charge on any atom is 0.204 e. The molecule has 2 rings (SSSR count). The number of carbonyl (C=O) groups excluding carboxylic acids is 2. The van der Waals surface area contributed by atoms with Gasteiger partial charge >= 0.3 is 0 Å². The van der Waals surface area contributed by atoms with E-state index in [1.165, 1.54) is 18.4 Å². The molecular weight excluding hydrogens is 154 g/mol. The molecule has 0 N–H and O–H groups in total. The van der Waals surface area contributed by atoms with Gasteiger partial charge < -0.3 is 0 Å². The van der Waals surface area contributed by atoms with Crippen molar-refractivity contribution in [3.8, 4) is 0 Å². The highest BCUT2D eigenvalue weighted by atomic mass is 16.1. The molecule has 0 fully saturated rings. The molecule has 0 spiro atoms. The summed E-state index contributed by atoms with van der Waals surface area (Å²) in [6, 6.07) is 0. The van der Waals surface area contributed by atoms with Crippen molar-refractivity contribution in [2.45, 2.75) is 0 Å². The Morgan fingerprint density at radius 1 is 1.08 bits per heavy atom. The smallest absolute Gasteiger partial charge is 0.204 e. The van der Waals surface area contributed by atoms with Gasteiger partial charge in [-0.3, -0.25) is 14.6 Å². The summed E-state index contributed by atoms with van der Waals surface area (Å²) in [4.78, 5) is 26.1. The summed E-state index contributed by atoms with van der Waals surface area (Å²) in [5.41, 5.74) is 0.648. The van der Waals surface area contributed by atoms with E-state index in [4.69, 9.17) is 0 Å². The third kappa shape index (κ3) is 0.871. The molecule has 3 nitrogen and oxygen atoms in total. The Morgan fingerprint density at radius 3 is 2.67 bits per heavy atom. The number of nitrogens with zero attached hydrogens (tertiary/aromatic N) is 1. The van der Waals surface area contributed by atoms with Gasteiger partial charge in [0.25, 0.3) is 0 Å². The first-order valence-electron chi connectivity index (χ1n) is 3.51. The highest BCUT2D eigenvalue weighted by Crippen LogP contribution is 2.12. The van der Waals surface area contributed by atoms with Gasteiger partial charge in [-0.2, -0.15) is 0 Å². The maximum absolute atomic E-state index is 11.2. The molecule has 0 saturated heterocycles. The first kappa shape index (κ1) is 6.91. The zero-order valence-electron chi connectivity index (χ0n) is 6.15. The van der Waals surface area contributed by atoms with Crippen LogP contribution in [0.25, 0.3) is 0 Å². The van der Waals surface area contributed by atoms with Crippen LogP contribution in [0.1, 0.15) is 0 Å². The molecule has 3 heteroatoms. The Balaban J connectivity index is 2.57. The van der Waals surface area contributed by atoms with Gasteiger partial charge in [0.15, 0.2) is 5.78 Å². The molecule has 0 aromatic carbocycles. The molecule has 0 amide bonds. The molecule has 1 heterocycles. The molecule has 1 aliphatic carbocycles. The SMILES string of the molecule is O=C1C=CN=C2C(=O)C=CC=C12. The number of rotatable bonds is 0. The van der Waals surface area contributed by atoms with Crippen LogP contribution in [-0.4, -0.2) is 17.3 Å². The minimum absolute atomic E-state index is 0.155. The summed E-state index contributed by atoms with van der Waals surface area (Å²) in [5.74, 6) is -0.358. The zero-order chi connectivity index (χ0) is 8.55. The number of aliphatic imine (C=N–C) groups is 1. The minimum Gasteiger partial charge on any atom is -0.289 e. The van der Waals surface area contributed by atoms with E-state index in [2.05, 4.69) is 4.99 Å². The molecule has 1 aliphatic heterocycles. The Kier molecular flexibility index (Phi) is 1.37. The first-order valence-corrected chi connectivity index (χ1v) is 3.51. The van der Waals surface area contributed by atoms with Crippen LogP contribution >= 0.6 is 0 Å². The van der Waals surface area contributed by atoms with Gasteiger partial charge in [-0.15, -0.1) is 0 Å². The fourth-order valence-corrected chi connectivity index (χ4v) is 1.12. The van der Waals surface area contributed by atoms with Crippen molar-refractivity contribution in [3.05, 3.63) is 36.1 Å². The number of fused-ring (bicyclic) bond motifs is 1. The van der Waals surface area contributed by atoms with Crippen molar-refractivity contribution in [1.29, 1.82) is 0 Å². The van der Waals surface area contributed by atoms with E-state index < -0.39 is 0 Å². The molecule has 12 heavy (non-hydrogen) atoms. The summed E-state index contributed by atoms with van der Waals surface area (Å²) in [6.45, 7) is 0. The lowest BCUT2D eigenvalue weighted by Crippen LogP contribution is -2.23. The summed E-state index contributed by atoms with van der Waals surface area (Å²) in [7, 11) is 0. The lowest BCUT2D eigenvalue weighted by molar-refractivity contribution is -0.112. The normalized spacial score (nSPS) is 20.3. The zero-order valence-corrected chi connectivity index (χ0v) is 6.15. The molecule has 0 aromatic rings. The quantitative estimate of drug-likeness (QED) is 0.485. The third-order valence-corrected chi connectivity index (χ3v) is 1.69. The average Bonchev–Trinajstić information content (AvgIpc) is 2.07. The summed E-state index contributed by atoms with van der Waals surface area (Å²) < 4.78 is 0. The Morgan fingerprint density at radius 2 is 1.92 bits per heavy atom. The summed E-state index contributed by atoms with van der Waals surface area (Å²) in [6.07, 6.45) is 7.27. The molecule has 0 aromatic heterocycles. The second-order valence-electron chi connectivity index (χ2n) is 2.46. The van der Waals surface area contributed by atoms with Gasteiger partial charge in [-0.25, -0.2) is 0 Å². The second-order valence-corrected chi connectivity index (χ2v) is 2.46. The third-order valence-electron chi connectivity index (χ3n) is 1.69. The highest BCUT2D eigenvalue weighted by Gasteiger charge is 2.22. The predicted octanol–water partition coefficient (Wildman–Crippen LogP) is 0.589. The fraction of sp³-hybridized carbons (Fsp3) is 0. The van der Waals surface area contributed by atoms with Crippen molar-refractivity contribution in [1.82, 2.24) is 0 Å². The lowest BCUT2D eigenvalue weighted by Gasteiger charge is -2.09. The molecule has 0 unspecified atom stereocenters. The number of hydrogen-bond acceptors (Lipinski definition) is 3. The summed E-state index contributed by atoms with van der Waals surface area (Å²) in [5, 5.41) is 0. The van der Waals surface area contributed by atoms with Gasteiger partial charge in [0.2, 0.25) is 5.78 Å². The highest BCUT2D eigenvalue weighted by molar-refractivity contribution is 6.57. The van der Waals surface area contributed by atoms with Crippen LogP contribution in [0, 0.1) is 0 Å². The Bertz CT molecular complexity index is 345. The van der Waals surface area contributed by atoms with Crippen LogP contribution in [0.4, 0.5) is 0 Å². The van der Waals surface area contributed by atoms with Gasteiger partial charge in [-0.05, 0) is 12.2 Å². The van der Waals surface area contributed by atoms with E-state index in [1.54, 1.807) is 12.2 Å². The van der Waals surface area contributed by atoms with Crippen molar-refractivity contribution < 1.29 is 9.59 Å². The lowest BCUT2D eigenvalue weighted by atomic mass is 9.96. The maximum atomic E-state index is 11.2. The number of ketones is 2. The largest absolute Gasteiger partial charge is 0.289 e. The molecule has 58 valence electrons. The van der Waals surface area contributed by atoms with E-state index in [0.29, 0.717) is 5.57 Å². The molecule has 2 aliphatic rings. The summed E-state index contributed by atoms with van der Waals surface area (Å²) >= 11 is 0. The predicted molar refractivity (Wildman–Crippen MR) is 43.8 cm³/mol. The molecular formula is C9H5NO2. The molecule has 0 atom stereocenters.